The lowest BCUT2D eigenvalue weighted by molar-refractivity contribution is -0.115. The number of carbonyl (C=O) groups excluding carboxylic acids is 1. The average molecular weight is 358 g/mol. The van der Waals surface area contributed by atoms with Gasteiger partial charge in [0.2, 0.25) is 5.91 Å². The van der Waals surface area contributed by atoms with Crippen LogP contribution in [-0.2, 0) is 4.79 Å². The van der Waals surface area contributed by atoms with Gasteiger partial charge in [-0.15, -0.1) is 11.3 Å². The van der Waals surface area contributed by atoms with E-state index in [-0.39, 0.29) is 5.91 Å². The van der Waals surface area contributed by atoms with Gasteiger partial charge in [-0.3, -0.25) is 4.79 Å². The van der Waals surface area contributed by atoms with Gasteiger partial charge in [0.05, 0.1) is 16.8 Å². The van der Waals surface area contributed by atoms with Gasteiger partial charge in [-0.2, -0.15) is 0 Å². The fourth-order valence-electron chi connectivity index (χ4n) is 2.18. The number of rotatable bonds is 7. The molecule has 1 aromatic heterocycles. The predicted octanol–water partition coefficient (Wildman–Crippen LogP) is 4.82. The Morgan fingerprint density at radius 1 is 1.25 bits per heavy atom. The van der Waals surface area contributed by atoms with Crippen molar-refractivity contribution in [1.29, 1.82) is 0 Å². The van der Waals surface area contributed by atoms with Gasteiger partial charge in [0, 0.05) is 17.9 Å². The first-order valence-electron chi connectivity index (χ1n) is 7.75. The van der Waals surface area contributed by atoms with Gasteiger partial charge in [0.25, 0.3) is 0 Å². The van der Waals surface area contributed by atoms with Gasteiger partial charge < -0.3 is 10.1 Å². The molecule has 0 fully saturated rings. The highest BCUT2D eigenvalue weighted by atomic mass is 32.2. The maximum atomic E-state index is 11.9. The Morgan fingerprint density at radius 2 is 2.08 bits per heavy atom. The van der Waals surface area contributed by atoms with E-state index in [2.05, 4.69) is 10.3 Å². The zero-order chi connectivity index (χ0) is 16.8. The van der Waals surface area contributed by atoms with E-state index in [0.29, 0.717) is 18.8 Å². The molecule has 2 aromatic carbocycles. The van der Waals surface area contributed by atoms with Gasteiger partial charge >= 0.3 is 0 Å². The van der Waals surface area contributed by atoms with E-state index in [9.17, 15) is 4.79 Å². The van der Waals surface area contributed by atoms with E-state index in [4.69, 9.17) is 4.74 Å². The molecule has 0 aliphatic rings. The number of hydrogen-bond acceptors (Lipinski definition) is 5. The fraction of sp³-hybridized carbons (Fsp3) is 0.222. The summed E-state index contributed by atoms with van der Waals surface area (Å²) in [5.41, 5.74) is 1.80. The van der Waals surface area contributed by atoms with Crippen LogP contribution in [0.5, 0.6) is 5.75 Å². The zero-order valence-electron chi connectivity index (χ0n) is 13.3. The molecule has 1 N–H and O–H groups in total. The van der Waals surface area contributed by atoms with Gasteiger partial charge in [0.1, 0.15) is 5.75 Å². The summed E-state index contributed by atoms with van der Waals surface area (Å²) in [6, 6.07) is 15.4. The van der Waals surface area contributed by atoms with Crippen molar-refractivity contribution in [2.24, 2.45) is 0 Å². The first kappa shape index (κ1) is 16.8. The van der Waals surface area contributed by atoms with Crippen LogP contribution in [0.3, 0.4) is 0 Å². The third-order valence-corrected chi connectivity index (χ3v) is 5.43. The van der Waals surface area contributed by atoms with Gasteiger partial charge in [-0.05, 0) is 37.3 Å². The molecule has 24 heavy (non-hydrogen) atoms. The van der Waals surface area contributed by atoms with E-state index in [1.807, 2.05) is 55.5 Å². The smallest absolute Gasteiger partial charge is 0.225 e. The minimum Gasteiger partial charge on any atom is -0.494 e. The van der Waals surface area contributed by atoms with Crippen molar-refractivity contribution in [3.63, 3.8) is 0 Å². The molecule has 1 amide bonds. The maximum Gasteiger partial charge on any atom is 0.225 e. The van der Waals surface area contributed by atoms with Crippen LogP contribution >= 0.6 is 23.1 Å². The highest BCUT2D eigenvalue weighted by molar-refractivity contribution is 8.01. The third-order valence-electron chi connectivity index (χ3n) is 3.26. The summed E-state index contributed by atoms with van der Waals surface area (Å²) in [5, 5.41) is 2.89. The first-order valence-corrected chi connectivity index (χ1v) is 9.56. The summed E-state index contributed by atoms with van der Waals surface area (Å²) in [6.07, 6.45) is 0.458. The number of benzene rings is 2. The molecule has 0 spiro atoms. The molecule has 0 unspecified atom stereocenters. The Hall–Kier alpha value is -2.05. The molecule has 0 saturated heterocycles. The Labute approximate surface area is 149 Å². The van der Waals surface area contributed by atoms with Crippen LogP contribution in [0.1, 0.15) is 13.3 Å². The molecule has 0 radical (unpaired) electrons. The molecule has 124 valence electrons. The van der Waals surface area contributed by atoms with Crippen molar-refractivity contribution < 1.29 is 9.53 Å². The van der Waals surface area contributed by atoms with E-state index in [1.54, 1.807) is 23.1 Å². The standard InChI is InChI=1S/C18H18N2O2S2/c1-2-22-14-8-9-15-16(12-14)24-18(20-15)23-11-10-17(21)19-13-6-4-3-5-7-13/h3-9,12H,2,10-11H2,1H3,(H,19,21). The van der Waals surface area contributed by atoms with Crippen molar-refractivity contribution in [3.8, 4) is 5.75 Å². The van der Waals surface area contributed by atoms with Crippen LogP contribution in [0.25, 0.3) is 10.2 Å². The van der Waals surface area contributed by atoms with Crippen molar-refractivity contribution in [1.82, 2.24) is 4.98 Å². The number of hydrogen-bond donors (Lipinski definition) is 1. The molecule has 4 nitrogen and oxygen atoms in total. The molecule has 0 aliphatic carbocycles. The largest absolute Gasteiger partial charge is 0.494 e. The monoisotopic (exact) mass is 358 g/mol. The second-order valence-electron chi connectivity index (χ2n) is 5.05. The molecular weight excluding hydrogens is 340 g/mol. The summed E-state index contributed by atoms with van der Waals surface area (Å²) < 4.78 is 7.60. The average Bonchev–Trinajstić information content (AvgIpc) is 2.98. The summed E-state index contributed by atoms with van der Waals surface area (Å²) in [7, 11) is 0. The predicted molar refractivity (Wildman–Crippen MR) is 101 cm³/mol. The molecule has 1 heterocycles. The number of nitrogens with one attached hydrogen (secondary N) is 1. The summed E-state index contributed by atoms with van der Waals surface area (Å²) >= 11 is 3.24. The molecule has 6 heteroatoms. The van der Waals surface area contributed by atoms with E-state index >= 15 is 0 Å². The molecule has 3 rings (SSSR count). The second-order valence-corrected chi connectivity index (χ2v) is 7.43. The lowest BCUT2D eigenvalue weighted by Crippen LogP contribution is -2.11. The lowest BCUT2D eigenvalue weighted by atomic mass is 10.3. The first-order chi connectivity index (χ1) is 11.7. The lowest BCUT2D eigenvalue weighted by Gasteiger charge is -2.03. The van der Waals surface area contributed by atoms with Crippen LogP contribution in [0.4, 0.5) is 5.69 Å². The third kappa shape index (κ3) is 4.49. The molecule has 0 aliphatic heterocycles. The van der Waals surface area contributed by atoms with Crippen LogP contribution in [0, 0.1) is 0 Å². The van der Waals surface area contributed by atoms with Crippen molar-refractivity contribution in [3.05, 3.63) is 48.5 Å². The minimum atomic E-state index is 0.0217. The topological polar surface area (TPSA) is 51.2 Å². The number of thioether (sulfide) groups is 1. The number of ether oxygens (including phenoxy) is 1. The van der Waals surface area contributed by atoms with E-state index < -0.39 is 0 Å². The maximum absolute atomic E-state index is 11.9. The van der Waals surface area contributed by atoms with Gasteiger partial charge in [-0.1, -0.05) is 30.0 Å². The van der Waals surface area contributed by atoms with Crippen LogP contribution in [0.15, 0.2) is 52.9 Å². The van der Waals surface area contributed by atoms with Crippen molar-refractivity contribution in [2.45, 2.75) is 17.7 Å². The van der Waals surface area contributed by atoms with E-state index in [0.717, 1.165) is 26.0 Å². The number of thiazole rings is 1. The number of anilines is 1. The van der Waals surface area contributed by atoms with Crippen LogP contribution in [0.2, 0.25) is 0 Å². The number of para-hydroxylation sites is 1. The minimum absolute atomic E-state index is 0.0217. The van der Waals surface area contributed by atoms with Crippen LogP contribution < -0.4 is 10.1 Å². The molecule has 0 saturated carbocycles. The van der Waals surface area contributed by atoms with Gasteiger partial charge in [-0.25, -0.2) is 4.98 Å². The Balaban J connectivity index is 1.53. The normalized spacial score (nSPS) is 10.7. The number of fused-ring (bicyclic) bond motifs is 1. The summed E-state index contributed by atoms with van der Waals surface area (Å²) in [4.78, 5) is 16.5. The number of amides is 1. The Morgan fingerprint density at radius 3 is 2.88 bits per heavy atom. The Kier molecular flexibility index (Phi) is 5.72. The van der Waals surface area contributed by atoms with Gasteiger partial charge in [0.15, 0.2) is 4.34 Å². The zero-order valence-corrected chi connectivity index (χ0v) is 15.0. The highest BCUT2D eigenvalue weighted by Crippen LogP contribution is 2.32. The highest BCUT2D eigenvalue weighted by Gasteiger charge is 2.08. The second kappa shape index (κ2) is 8.17. The molecule has 0 bridgehead atoms. The van der Waals surface area contributed by atoms with Crippen molar-refractivity contribution >= 4 is 44.9 Å². The molecule has 3 aromatic rings. The molecular formula is C18H18N2O2S2. The van der Waals surface area contributed by atoms with Crippen molar-refractivity contribution in [2.75, 3.05) is 17.7 Å². The Bertz CT molecular complexity index is 818. The summed E-state index contributed by atoms with van der Waals surface area (Å²) in [6.45, 7) is 2.63. The number of aromatic nitrogens is 1. The number of carbonyl (C=O) groups is 1. The van der Waals surface area contributed by atoms with Crippen LogP contribution in [-0.4, -0.2) is 23.3 Å². The molecule has 0 atom stereocenters. The van der Waals surface area contributed by atoms with E-state index in [1.165, 1.54) is 0 Å². The summed E-state index contributed by atoms with van der Waals surface area (Å²) in [5.74, 6) is 1.59. The number of nitrogens with zero attached hydrogens (tertiary/aromatic N) is 1. The quantitative estimate of drug-likeness (QED) is 0.616. The SMILES string of the molecule is CCOc1ccc2nc(SCCC(=O)Nc3ccccc3)sc2c1. The fourth-order valence-corrected chi connectivity index (χ4v) is 4.28.